The zero-order valence-corrected chi connectivity index (χ0v) is 11.6. The maximum Gasteiger partial charge on any atom is 0.326 e. The lowest BCUT2D eigenvalue weighted by atomic mass is 10.2. The number of hydrogen-bond donors (Lipinski definition) is 2. The molecule has 0 aromatic heterocycles. The van der Waals surface area contributed by atoms with Crippen molar-refractivity contribution in [3.05, 3.63) is 29.8 Å². The van der Waals surface area contributed by atoms with Crippen molar-refractivity contribution in [2.24, 2.45) is 0 Å². The lowest BCUT2D eigenvalue weighted by Crippen LogP contribution is -2.27. The minimum atomic E-state index is -3.93. The van der Waals surface area contributed by atoms with Crippen LogP contribution in [0.15, 0.2) is 29.2 Å². The maximum atomic E-state index is 11.8. The van der Waals surface area contributed by atoms with E-state index in [1.807, 2.05) is 0 Å². The van der Waals surface area contributed by atoms with Crippen molar-refractivity contribution in [3.8, 4) is 0 Å². The summed E-state index contributed by atoms with van der Waals surface area (Å²) in [4.78, 5) is 27.6. The van der Waals surface area contributed by atoms with Crippen LogP contribution in [0.2, 0.25) is 0 Å². The van der Waals surface area contributed by atoms with Gasteiger partial charge in [-0.2, -0.15) is 0 Å². The SMILES string of the molecule is Cc1cccc(S(=O)(=O)NOC(=O)CCCC(=O)O)c1. The first-order valence-electron chi connectivity index (χ1n) is 5.81. The molecular weight excluding hydrogens is 286 g/mol. The van der Waals surface area contributed by atoms with Crippen molar-refractivity contribution < 1.29 is 28.0 Å². The number of carbonyl (C=O) groups excluding carboxylic acids is 1. The second-order valence-electron chi connectivity index (χ2n) is 4.12. The molecule has 0 amide bonds. The normalized spacial score (nSPS) is 11.1. The molecule has 2 N–H and O–H groups in total. The van der Waals surface area contributed by atoms with E-state index in [9.17, 15) is 18.0 Å². The molecule has 0 atom stereocenters. The molecule has 0 bridgehead atoms. The molecule has 0 unspecified atom stereocenters. The second-order valence-corrected chi connectivity index (χ2v) is 5.77. The van der Waals surface area contributed by atoms with E-state index in [2.05, 4.69) is 4.84 Å². The Morgan fingerprint density at radius 1 is 1.30 bits per heavy atom. The van der Waals surface area contributed by atoms with Gasteiger partial charge >= 0.3 is 11.9 Å². The Kier molecular flexibility index (Phi) is 5.66. The maximum absolute atomic E-state index is 11.8. The number of carboxylic acids is 1. The van der Waals surface area contributed by atoms with Gasteiger partial charge in [-0.1, -0.05) is 12.1 Å². The number of carbonyl (C=O) groups is 2. The summed E-state index contributed by atoms with van der Waals surface area (Å²) in [6.07, 6.45) is -0.275. The van der Waals surface area contributed by atoms with Crippen molar-refractivity contribution in [2.45, 2.75) is 31.1 Å². The van der Waals surface area contributed by atoms with E-state index in [4.69, 9.17) is 5.11 Å². The minimum Gasteiger partial charge on any atom is -0.481 e. The molecule has 0 aliphatic rings. The monoisotopic (exact) mass is 301 g/mol. The average Bonchev–Trinajstić information content (AvgIpc) is 2.36. The standard InChI is InChI=1S/C12H15NO6S/c1-9-4-2-5-10(8-9)20(17,18)13-19-12(16)7-3-6-11(14)15/h2,4-5,8,13H,3,6-7H2,1H3,(H,14,15). The Labute approximate surface area is 116 Å². The van der Waals surface area contributed by atoms with Gasteiger partial charge in [-0.05, 0) is 35.9 Å². The number of aliphatic carboxylic acids is 1. The third-order valence-corrected chi connectivity index (χ3v) is 3.51. The van der Waals surface area contributed by atoms with Crippen LogP contribution < -0.4 is 4.89 Å². The summed E-state index contributed by atoms with van der Waals surface area (Å²) in [6, 6.07) is 6.10. The molecular formula is C12H15NO6S. The summed E-state index contributed by atoms with van der Waals surface area (Å²) in [7, 11) is -3.93. The fourth-order valence-electron chi connectivity index (χ4n) is 1.37. The molecule has 0 saturated carbocycles. The molecule has 1 aromatic rings. The van der Waals surface area contributed by atoms with Gasteiger partial charge in [0, 0.05) is 12.8 Å². The summed E-state index contributed by atoms with van der Waals surface area (Å²) in [6.45, 7) is 1.73. The second kappa shape index (κ2) is 7.01. The quantitative estimate of drug-likeness (QED) is 0.727. The van der Waals surface area contributed by atoms with Gasteiger partial charge in [-0.15, -0.1) is 0 Å². The van der Waals surface area contributed by atoms with Crippen LogP contribution in [0.3, 0.4) is 0 Å². The number of sulfonamides is 1. The lowest BCUT2D eigenvalue weighted by molar-refractivity contribution is -0.147. The molecule has 0 radical (unpaired) electrons. The van der Waals surface area contributed by atoms with E-state index in [0.717, 1.165) is 5.56 Å². The highest BCUT2D eigenvalue weighted by Crippen LogP contribution is 2.10. The fourth-order valence-corrected chi connectivity index (χ4v) is 2.26. The van der Waals surface area contributed by atoms with Crippen LogP contribution in [0, 0.1) is 6.92 Å². The van der Waals surface area contributed by atoms with Gasteiger partial charge in [0.05, 0.1) is 4.90 Å². The predicted molar refractivity (Wildman–Crippen MR) is 69.1 cm³/mol. The van der Waals surface area contributed by atoms with Gasteiger partial charge in [-0.25, -0.2) is 8.42 Å². The number of hydrogen-bond acceptors (Lipinski definition) is 5. The van der Waals surface area contributed by atoms with Crippen molar-refractivity contribution in [2.75, 3.05) is 0 Å². The summed E-state index contributed by atoms with van der Waals surface area (Å²) in [5, 5.41) is 8.40. The molecule has 1 aromatic carbocycles. The smallest absolute Gasteiger partial charge is 0.326 e. The van der Waals surface area contributed by atoms with Crippen molar-refractivity contribution in [1.82, 2.24) is 4.89 Å². The van der Waals surface area contributed by atoms with Crippen LogP contribution in [0.4, 0.5) is 0 Å². The molecule has 7 nitrogen and oxygen atoms in total. The van der Waals surface area contributed by atoms with E-state index >= 15 is 0 Å². The van der Waals surface area contributed by atoms with Crippen LogP contribution in [0.5, 0.6) is 0 Å². The molecule has 0 heterocycles. The van der Waals surface area contributed by atoms with Crippen LogP contribution in [0.1, 0.15) is 24.8 Å². The Bertz CT molecular complexity index is 596. The van der Waals surface area contributed by atoms with E-state index in [0.29, 0.717) is 0 Å². The van der Waals surface area contributed by atoms with Gasteiger partial charge in [0.25, 0.3) is 10.0 Å². The molecule has 1 rings (SSSR count). The van der Waals surface area contributed by atoms with Crippen molar-refractivity contribution in [1.29, 1.82) is 0 Å². The van der Waals surface area contributed by atoms with E-state index < -0.39 is 22.0 Å². The highest BCUT2D eigenvalue weighted by Gasteiger charge is 2.16. The summed E-state index contributed by atoms with van der Waals surface area (Å²) < 4.78 is 23.6. The highest BCUT2D eigenvalue weighted by molar-refractivity contribution is 7.89. The lowest BCUT2D eigenvalue weighted by Gasteiger charge is -2.07. The molecule has 110 valence electrons. The summed E-state index contributed by atoms with van der Waals surface area (Å²) in [5.41, 5.74) is 0.751. The number of carboxylic acid groups (broad SMARTS) is 1. The Balaban J connectivity index is 2.52. The van der Waals surface area contributed by atoms with E-state index in [1.54, 1.807) is 23.9 Å². The highest BCUT2D eigenvalue weighted by atomic mass is 32.2. The van der Waals surface area contributed by atoms with Crippen molar-refractivity contribution in [3.63, 3.8) is 0 Å². The molecule has 0 aliphatic carbocycles. The molecule has 0 fully saturated rings. The van der Waals surface area contributed by atoms with E-state index in [-0.39, 0.29) is 24.2 Å². The van der Waals surface area contributed by atoms with Crippen LogP contribution in [-0.4, -0.2) is 25.5 Å². The summed E-state index contributed by atoms with van der Waals surface area (Å²) >= 11 is 0. The molecule has 0 spiro atoms. The average molecular weight is 301 g/mol. The van der Waals surface area contributed by atoms with Crippen LogP contribution >= 0.6 is 0 Å². The molecule has 0 saturated heterocycles. The minimum absolute atomic E-state index is 0.0177. The first-order chi connectivity index (χ1) is 9.31. The van der Waals surface area contributed by atoms with E-state index in [1.165, 1.54) is 12.1 Å². The number of rotatable bonds is 7. The fraction of sp³-hybridized carbons (Fsp3) is 0.333. The first kappa shape index (κ1) is 16.1. The first-order valence-corrected chi connectivity index (χ1v) is 7.29. The largest absolute Gasteiger partial charge is 0.481 e. The third-order valence-electron chi connectivity index (χ3n) is 2.34. The third kappa shape index (κ3) is 5.37. The molecule has 8 heteroatoms. The molecule has 20 heavy (non-hydrogen) atoms. The number of aryl methyl sites for hydroxylation is 1. The Hall–Kier alpha value is -1.93. The van der Waals surface area contributed by atoms with Gasteiger partial charge < -0.3 is 9.94 Å². The van der Waals surface area contributed by atoms with Crippen LogP contribution in [0.25, 0.3) is 0 Å². The number of nitrogens with one attached hydrogen (secondary N) is 1. The zero-order valence-electron chi connectivity index (χ0n) is 10.8. The van der Waals surface area contributed by atoms with Gasteiger partial charge in [0.15, 0.2) is 0 Å². The van der Waals surface area contributed by atoms with Gasteiger partial charge in [-0.3, -0.25) is 9.59 Å². The van der Waals surface area contributed by atoms with Crippen molar-refractivity contribution >= 4 is 22.0 Å². The van der Waals surface area contributed by atoms with Crippen LogP contribution in [-0.2, 0) is 24.4 Å². The Morgan fingerprint density at radius 2 is 2.00 bits per heavy atom. The topological polar surface area (TPSA) is 110 Å². The molecule has 0 aliphatic heterocycles. The zero-order chi connectivity index (χ0) is 15.2. The number of benzene rings is 1. The van der Waals surface area contributed by atoms with Gasteiger partial charge in [0.2, 0.25) is 0 Å². The van der Waals surface area contributed by atoms with Gasteiger partial charge in [0.1, 0.15) is 0 Å². The Morgan fingerprint density at radius 3 is 2.60 bits per heavy atom. The summed E-state index contributed by atoms with van der Waals surface area (Å²) in [5.74, 6) is -1.86. The predicted octanol–water partition coefficient (Wildman–Crippen LogP) is 0.986.